The minimum absolute atomic E-state index is 0.208. The quantitative estimate of drug-likeness (QED) is 0.810. The van der Waals surface area contributed by atoms with Gasteiger partial charge in [0, 0.05) is 12.0 Å². The summed E-state index contributed by atoms with van der Waals surface area (Å²) in [4.78, 5) is 0.667. The van der Waals surface area contributed by atoms with E-state index in [-0.39, 0.29) is 4.90 Å². The van der Waals surface area contributed by atoms with Gasteiger partial charge in [-0.25, -0.2) is 8.42 Å². The molecule has 0 bridgehead atoms. The van der Waals surface area contributed by atoms with Gasteiger partial charge < -0.3 is 0 Å². The molecule has 0 aliphatic heterocycles. The Hall–Kier alpha value is -0.680. The molecule has 1 saturated carbocycles. The molecule has 1 fully saturated rings. The Morgan fingerprint density at radius 2 is 1.85 bits per heavy atom. The van der Waals surface area contributed by atoms with Crippen molar-refractivity contribution < 1.29 is 12.6 Å². The fourth-order valence-electron chi connectivity index (χ4n) is 2.86. The zero-order valence-electron chi connectivity index (χ0n) is 11.9. The Morgan fingerprint density at radius 3 is 2.50 bits per heavy atom. The van der Waals surface area contributed by atoms with Crippen LogP contribution in [0.5, 0.6) is 0 Å². The van der Waals surface area contributed by atoms with Crippen LogP contribution in [0.3, 0.4) is 0 Å². The van der Waals surface area contributed by atoms with Crippen LogP contribution in [-0.2, 0) is 20.6 Å². The minimum Gasteiger partial charge on any atom is -0.254 e. The summed E-state index contributed by atoms with van der Waals surface area (Å²) in [5.41, 5.74) is 0. The summed E-state index contributed by atoms with van der Waals surface area (Å²) in [5, 5.41) is 0. The van der Waals surface area contributed by atoms with Crippen LogP contribution in [-0.4, -0.2) is 24.6 Å². The van der Waals surface area contributed by atoms with Crippen molar-refractivity contribution in [2.75, 3.05) is 12.0 Å². The monoisotopic (exact) mass is 314 g/mol. The third-order valence-electron chi connectivity index (χ3n) is 3.91. The van der Waals surface area contributed by atoms with Crippen LogP contribution in [0.15, 0.2) is 34.1 Å². The molecule has 2 rings (SSSR count). The van der Waals surface area contributed by atoms with Gasteiger partial charge in [-0.3, -0.25) is 4.21 Å². The second-order valence-corrected chi connectivity index (χ2v) is 9.08. The maximum absolute atomic E-state index is 12.3. The molecular formula is C15H22O3S2. The Labute approximate surface area is 124 Å². The van der Waals surface area contributed by atoms with Crippen molar-refractivity contribution >= 4 is 20.6 Å². The third kappa shape index (κ3) is 4.16. The summed E-state index contributed by atoms with van der Waals surface area (Å²) < 4.78 is 35.7. The highest BCUT2D eigenvalue weighted by Gasteiger charge is 2.18. The van der Waals surface area contributed by atoms with Gasteiger partial charge in [0.15, 0.2) is 9.84 Å². The zero-order valence-corrected chi connectivity index (χ0v) is 13.5. The molecule has 1 aliphatic carbocycles. The van der Waals surface area contributed by atoms with Crippen molar-refractivity contribution in [1.29, 1.82) is 0 Å². The largest absolute Gasteiger partial charge is 0.254 e. The van der Waals surface area contributed by atoms with E-state index in [1.807, 2.05) is 0 Å². The van der Waals surface area contributed by atoms with Crippen molar-refractivity contribution in [3.05, 3.63) is 24.3 Å². The SMILES string of the molecule is CS(=O)(=O)c1ccccc1[S@@](=O)CCCC1CCCC1. The van der Waals surface area contributed by atoms with Crippen LogP contribution >= 0.6 is 0 Å². The highest BCUT2D eigenvalue weighted by Crippen LogP contribution is 2.29. The van der Waals surface area contributed by atoms with E-state index in [0.717, 1.165) is 18.8 Å². The first kappa shape index (κ1) is 15.7. The minimum atomic E-state index is -3.31. The fourth-order valence-corrected chi connectivity index (χ4v) is 5.52. The lowest BCUT2D eigenvalue weighted by molar-refractivity contribution is 0.497. The van der Waals surface area contributed by atoms with E-state index in [9.17, 15) is 12.6 Å². The van der Waals surface area contributed by atoms with E-state index in [1.54, 1.807) is 24.3 Å². The van der Waals surface area contributed by atoms with E-state index in [0.29, 0.717) is 10.6 Å². The van der Waals surface area contributed by atoms with Crippen LogP contribution in [0, 0.1) is 5.92 Å². The van der Waals surface area contributed by atoms with Crippen molar-refractivity contribution in [3.8, 4) is 0 Å². The van der Waals surface area contributed by atoms with Crippen LogP contribution in [0.4, 0.5) is 0 Å². The van der Waals surface area contributed by atoms with Crippen molar-refractivity contribution in [2.24, 2.45) is 5.92 Å². The molecule has 1 aromatic carbocycles. The highest BCUT2D eigenvalue weighted by atomic mass is 32.2. The number of hydrogen-bond acceptors (Lipinski definition) is 3. The van der Waals surface area contributed by atoms with Crippen LogP contribution in [0.2, 0.25) is 0 Å². The standard InChI is InChI=1S/C15H22O3S2/c1-20(17,18)15-11-5-4-10-14(15)19(16)12-6-9-13-7-2-3-8-13/h4-5,10-11,13H,2-3,6-9,12H2,1H3/t19-/m0/s1. The highest BCUT2D eigenvalue weighted by molar-refractivity contribution is 7.92. The Kier molecular flexibility index (Phi) is 5.38. The average molecular weight is 314 g/mol. The molecule has 20 heavy (non-hydrogen) atoms. The first-order valence-corrected chi connectivity index (χ1v) is 10.4. The van der Waals surface area contributed by atoms with Crippen LogP contribution < -0.4 is 0 Å². The lowest BCUT2D eigenvalue weighted by Crippen LogP contribution is -2.07. The first-order valence-electron chi connectivity index (χ1n) is 7.16. The predicted octanol–water partition coefficient (Wildman–Crippen LogP) is 3.17. The van der Waals surface area contributed by atoms with Gasteiger partial charge in [-0.15, -0.1) is 0 Å². The van der Waals surface area contributed by atoms with Gasteiger partial charge in [0.1, 0.15) is 0 Å². The maximum atomic E-state index is 12.3. The van der Waals surface area contributed by atoms with Crippen molar-refractivity contribution in [3.63, 3.8) is 0 Å². The number of sulfone groups is 1. The van der Waals surface area contributed by atoms with E-state index in [1.165, 1.54) is 31.9 Å². The molecule has 0 spiro atoms. The van der Waals surface area contributed by atoms with Crippen molar-refractivity contribution in [1.82, 2.24) is 0 Å². The molecule has 0 aromatic heterocycles. The fraction of sp³-hybridized carbons (Fsp3) is 0.600. The normalized spacial score (nSPS) is 18.2. The number of benzene rings is 1. The zero-order chi connectivity index (χ0) is 14.6. The Bertz CT molecular complexity index is 573. The molecule has 0 N–H and O–H groups in total. The second-order valence-electron chi connectivity index (χ2n) is 5.56. The molecule has 3 nitrogen and oxygen atoms in total. The van der Waals surface area contributed by atoms with Gasteiger partial charge in [0.25, 0.3) is 0 Å². The molecule has 0 amide bonds. The average Bonchev–Trinajstić information content (AvgIpc) is 2.91. The molecule has 0 unspecified atom stereocenters. The molecule has 1 aromatic rings. The van der Waals surface area contributed by atoms with Crippen molar-refractivity contribution in [2.45, 2.75) is 48.3 Å². The lowest BCUT2D eigenvalue weighted by atomic mass is 10.0. The number of hydrogen-bond donors (Lipinski definition) is 0. The maximum Gasteiger partial charge on any atom is 0.176 e. The molecule has 0 radical (unpaired) electrons. The number of rotatable bonds is 6. The van der Waals surface area contributed by atoms with Gasteiger partial charge >= 0.3 is 0 Å². The summed E-state index contributed by atoms with van der Waals surface area (Å²) in [6.07, 6.45) is 8.44. The topological polar surface area (TPSA) is 51.2 Å². The molecule has 1 atom stereocenters. The summed E-state index contributed by atoms with van der Waals surface area (Å²) >= 11 is 0. The predicted molar refractivity (Wildman–Crippen MR) is 82.0 cm³/mol. The van der Waals surface area contributed by atoms with E-state index in [4.69, 9.17) is 0 Å². The van der Waals surface area contributed by atoms with Gasteiger partial charge in [-0.2, -0.15) is 0 Å². The van der Waals surface area contributed by atoms with Gasteiger partial charge in [-0.05, 0) is 30.9 Å². The Morgan fingerprint density at radius 1 is 1.20 bits per heavy atom. The third-order valence-corrected chi connectivity index (χ3v) is 6.70. The second kappa shape index (κ2) is 6.85. The van der Waals surface area contributed by atoms with Gasteiger partial charge in [0.2, 0.25) is 0 Å². The molecule has 1 aliphatic rings. The lowest BCUT2D eigenvalue weighted by Gasteiger charge is -2.10. The van der Waals surface area contributed by atoms with E-state index >= 15 is 0 Å². The summed E-state index contributed by atoms with van der Waals surface area (Å²) in [7, 11) is -4.53. The smallest absolute Gasteiger partial charge is 0.176 e. The first-order chi connectivity index (χ1) is 9.48. The van der Waals surface area contributed by atoms with Gasteiger partial charge in [-0.1, -0.05) is 37.8 Å². The summed E-state index contributed by atoms with van der Waals surface area (Å²) in [5.74, 6) is 1.35. The molecule has 112 valence electrons. The van der Waals surface area contributed by atoms with Crippen LogP contribution in [0.1, 0.15) is 38.5 Å². The van der Waals surface area contributed by atoms with Gasteiger partial charge in [0.05, 0.1) is 20.6 Å². The Balaban J connectivity index is 1.98. The molecule has 0 saturated heterocycles. The van der Waals surface area contributed by atoms with E-state index in [2.05, 4.69) is 0 Å². The molecular weight excluding hydrogens is 292 g/mol. The van der Waals surface area contributed by atoms with E-state index < -0.39 is 20.6 Å². The molecule has 0 heterocycles. The summed E-state index contributed by atoms with van der Waals surface area (Å²) in [6, 6.07) is 6.64. The summed E-state index contributed by atoms with van der Waals surface area (Å²) in [6.45, 7) is 0. The molecule has 5 heteroatoms. The van der Waals surface area contributed by atoms with Crippen LogP contribution in [0.25, 0.3) is 0 Å².